The maximum atomic E-state index is 10.6. The molecule has 0 amide bonds. The summed E-state index contributed by atoms with van der Waals surface area (Å²) >= 11 is 0. The van der Waals surface area contributed by atoms with Gasteiger partial charge in [-0.2, -0.15) is 0 Å². The van der Waals surface area contributed by atoms with Crippen LogP contribution in [0.4, 0.5) is 5.82 Å². The van der Waals surface area contributed by atoms with Gasteiger partial charge in [0.15, 0.2) is 5.69 Å². The molecule has 1 aromatic rings. The number of carboxylic acids is 1. The highest BCUT2D eigenvalue weighted by Gasteiger charge is 2.21. The van der Waals surface area contributed by atoms with Gasteiger partial charge < -0.3 is 20.4 Å². The van der Waals surface area contributed by atoms with Gasteiger partial charge in [0.1, 0.15) is 5.82 Å². The SMILES string of the molecule is CN(C)CC(C)(O)CNc1ccc(C(=O)O)nn1. The number of likely N-dealkylation sites (N-methyl/N-ethyl adjacent to an activating group) is 1. The van der Waals surface area contributed by atoms with E-state index in [2.05, 4.69) is 15.5 Å². The van der Waals surface area contributed by atoms with Crippen LogP contribution in [0.3, 0.4) is 0 Å². The molecule has 0 fully saturated rings. The number of aromatic carboxylic acids is 1. The highest BCUT2D eigenvalue weighted by Crippen LogP contribution is 2.08. The lowest BCUT2D eigenvalue weighted by molar-refractivity contribution is 0.0458. The first-order valence-electron chi connectivity index (χ1n) is 5.48. The molecule has 0 bridgehead atoms. The van der Waals surface area contributed by atoms with Gasteiger partial charge in [-0.1, -0.05) is 0 Å². The number of nitrogens with one attached hydrogen (secondary N) is 1. The van der Waals surface area contributed by atoms with Crippen LogP contribution in [0.15, 0.2) is 12.1 Å². The van der Waals surface area contributed by atoms with Crippen molar-refractivity contribution in [2.45, 2.75) is 12.5 Å². The Morgan fingerprint density at radius 1 is 1.44 bits per heavy atom. The summed E-state index contributed by atoms with van der Waals surface area (Å²) in [5.74, 6) is -0.687. The zero-order valence-corrected chi connectivity index (χ0v) is 10.7. The molecule has 0 aliphatic heterocycles. The topological polar surface area (TPSA) is 98.6 Å². The number of anilines is 1. The Morgan fingerprint density at radius 3 is 2.56 bits per heavy atom. The highest BCUT2D eigenvalue weighted by atomic mass is 16.4. The average molecular weight is 254 g/mol. The van der Waals surface area contributed by atoms with Crippen molar-refractivity contribution in [1.82, 2.24) is 15.1 Å². The first-order chi connectivity index (χ1) is 8.30. The number of hydrogen-bond acceptors (Lipinski definition) is 6. The summed E-state index contributed by atoms with van der Waals surface area (Å²) < 4.78 is 0. The Balaban J connectivity index is 2.55. The van der Waals surface area contributed by atoms with E-state index in [1.165, 1.54) is 12.1 Å². The minimum Gasteiger partial charge on any atom is -0.476 e. The summed E-state index contributed by atoms with van der Waals surface area (Å²) in [6.45, 7) is 2.51. The fourth-order valence-corrected chi connectivity index (χ4v) is 1.56. The van der Waals surface area contributed by atoms with Crippen LogP contribution in [0.25, 0.3) is 0 Å². The van der Waals surface area contributed by atoms with Gasteiger partial charge in [0, 0.05) is 13.1 Å². The second-order valence-electron chi connectivity index (χ2n) is 4.70. The van der Waals surface area contributed by atoms with E-state index in [9.17, 15) is 9.90 Å². The summed E-state index contributed by atoms with van der Waals surface area (Å²) in [5, 5.41) is 28.9. The summed E-state index contributed by atoms with van der Waals surface area (Å²) in [6.07, 6.45) is 0. The quantitative estimate of drug-likeness (QED) is 0.652. The van der Waals surface area contributed by atoms with Gasteiger partial charge in [-0.05, 0) is 33.2 Å². The Hall–Kier alpha value is -1.73. The van der Waals surface area contributed by atoms with Crippen LogP contribution in [0, 0.1) is 0 Å². The molecule has 0 aromatic carbocycles. The molecule has 7 nitrogen and oxygen atoms in total. The minimum absolute atomic E-state index is 0.111. The average Bonchev–Trinajstić information content (AvgIpc) is 2.25. The molecule has 18 heavy (non-hydrogen) atoms. The molecule has 7 heteroatoms. The van der Waals surface area contributed by atoms with Crippen LogP contribution in [0.2, 0.25) is 0 Å². The van der Waals surface area contributed by atoms with Gasteiger partial charge in [-0.25, -0.2) is 4.79 Å². The van der Waals surface area contributed by atoms with Gasteiger partial charge in [-0.15, -0.1) is 10.2 Å². The number of nitrogens with zero attached hydrogens (tertiary/aromatic N) is 3. The molecular formula is C11H18N4O3. The molecule has 0 saturated carbocycles. The van der Waals surface area contributed by atoms with Crippen molar-refractivity contribution >= 4 is 11.8 Å². The second kappa shape index (κ2) is 5.74. The Morgan fingerprint density at radius 2 is 2.11 bits per heavy atom. The van der Waals surface area contributed by atoms with E-state index < -0.39 is 11.6 Å². The third kappa shape index (κ3) is 4.64. The summed E-state index contributed by atoms with van der Waals surface area (Å²) in [7, 11) is 3.74. The molecule has 1 unspecified atom stereocenters. The smallest absolute Gasteiger partial charge is 0.356 e. The maximum absolute atomic E-state index is 10.6. The van der Waals surface area contributed by atoms with Crippen molar-refractivity contribution in [1.29, 1.82) is 0 Å². The molecule has 100 valence electrons. The number of carboxylic acid groups (broad SMARTS) is 1. The fraction of sp³-hybridized carbons (Fsp3) is 0.545. The fourth-order valence-electron chi connectivity index (χ4n) is 1.56. The molecule has 0 spiro atoms. The van der Waals surface area contributed by atoms with Crippen molar-refractivity contribution < 1.29 is 15.0 Å². The van der Waals surface area contributed by atoms with Crippen LogP contribution in [-0.2, 0) is 0 Å². The molecule has 0 saturated heterocycles. The lowest BCUT2D eigenvalue weighted by Gasteiger charge is -2.27. The normalized spacial score (nSPS) is 14.3. The zero-order valence-electron chi connectivity index (χ0n) is 10.7. The number of hydrogen-bond donors (Lipinski definition) is 3. The summed E-state index contributed by atoms with van der Waals surface area (Å²) in [4.78, 5) is 12.5. The molecule has 1 atom stereocenters. The predicted octanol–water partition coefficient (Wildman–Crippen LogP) is -0.101. The van der Waals surface area contributed by atoms with Crippen LogP contribution in [0.5, 0.6) is 0 Å². The lowest BCUT2D eigenvalue weighted by Crippen LogP contribution is -2.43. The van der Waals surface area contributed by atoms with E-state index in [1.54, 1.807) is 6.92 Å². The van der Waals surface area contributed by atoms with Gasteiger partial charge >= 0.3 is 5.97 Å². The Kier molecular flexibility index (Phi) is 4.57. The van der Waals surface area contributed by atoms with Crippen molar-refractivity contribution in [3.63, 3.8) is 0 Å². The molecule has 0 radical (unpaired) electrons. The Labute approximate surface area is 105 Å². The van der Waals surface area contributed by atoms with Crippen LogP contribution < -0.4 is 5.32 Å². The highest BCUT2D eigenvalue weighted by molar-refractivity contribution is 5.85. The Bertz CT molecular complexity index is 403. The third-order valence-electron chi connectivity index (χ3n) is 2.19. The van der Waals surface area contributed by atoms with Crippen LogP contribution >= 0.6 is 0 Å². The molecule has 3 N–H and O–H groups in total. The number of aliphatic hydroxyl groups is 1. The lowest BCUT2D eigenvalue weighted by atomic mass is 10.1. The molecule has 0 aliphatic carbocycles. The monoisotopic (exact) mass is 254 g/mol. The molecule has 1 heterocycles. The zero-order chi connectivity index (χ0) is 13.8. The maximum Gasteiger partial charge on any atom is 0.356 e. The van der Waals surface area contributed by atoms with E-state index >= 15 is 0 Å². The van der Waals surface area contributed by atoms with E-state index in [0.717, 1.165) is 0 Å². The molecule has 0 aliphatic rings. The van der Waals surface area contributed by atoms with Crippen LogP contribution in [-0.4, -0.2) is 64.1 Å². The summed E-state index contributed by atoms with van der Waals surface area (Å²) in [5.41, 5.74) is -1.02. The van der Waals surface area contributed by atoms with Gasteiger partial charge in [0.2, 0.25) is 0 Å². The third-order valence-corrected chi connectivity index (χ3v) is 2.19. The molecule has 1 rings (SSSR count). The van der Waals surface area contributed by atoms with E-state index in [0.29, 0.717) is 18.9 Å². The van der Waals surface area contributed by atoms with Crippen molar-refractivity contribution in [3.05, 3.63) is 17.8 Å². The molecule has 1 aromatic heterocycles. The van der Waals surface area contributed by atoms with Crippen molar-refractivity contribution in [3.8, 4) is 0 Å². The van der Waals surface area contributed by atoms with Crippen LogP contribution in [0.1, 0.15) is 17.4 Å². The van der Waals surface area contributed by atoms with Gasteiger partial charge in [-0.3, -0.25) is 0 Å². The van der Waals surface area contributed by atoms with Gasteiger partial charge in [0.25, 0.3) is 0 Å². The number of aromatic nitrogens is 2. The standard InChI is InChI=1S/C11H18N4O3/c1-11(18,7-15(2)3)6-12-9-5-4-8(10(16)17)13-14-9/h4-5,18H,6-7H2,1-3H3,(H,12,14)(H,16,17). The number of carbonyl (C=O) groups is 1. The predicted molar refractivity (Wildman–Crippen MR) is 66.7 cm³/mol. The first-order valence-corrected chi connectivity index (χ1v) is 5.48. The van der Waals surface area contributed by atoms with Gasteiger partial charge in [0.05, 0.1) is 5.60 Å². The van der Waals surface area contributed by atoms with Crippen molar-refractivity contribution in [2.24, 2.45) is 0 Å². The second-order valence-corrected chi connectivity index (χ2v) is 4.70. The van der Waals surface area contributed by atoms with E-state index in [-0.39, 0.29) is 5.69 Å². The summed E-state index contributed by atoms with van der Waals surface area (Å²) in [6, 6.07) is 2.88. The first kappa shape index (κ1) is 14.3. The van der Waals surface area contributed by atoms with Crippen molar-refractivity contribution in [2.75, 3.05) is 32.5 Å². The minimum atomic E-state index is -1.12. The number of rotatable bonds is 6. The van der Waals surface area contributed by atoms with E-state index in [1.807, 2.05) is 19.0 Å². The largest absolute Gasteiger partial charge is 0.476 e. The molecular weight excluding hydrogens is 236 g/mol. The van der Waals surface area contributed by atoms with E-state index in [4.69, 9.17) is 5.11 Å².